The fourth-order valence-corrected chi connectivity index (χ4v) is 3.18. The van der Waals surface area contributed by atoms with Gasteiger partial charge in [-0.05, 0) is 48.9 Å². The third-order valence-corrected chi connectivity index (χ3v) is 4.73. The van der Waals surface area contributed by atoms with Gasteiger partial charge in [0.15, 0.2) is 0 Å². The van der Waals surface area contributed by atoms with E-state index in [1.165, 1.54) is 26.0 Å². The zero-order valence-electron chi connectivity index (χ0n) is 14.2. The van der Waals surface area contributed by atoms with E-state index >= 15 is 0 Å². The lowest BCUT2D eigenvalue weighted by Crippen LogP contribution is -2.33. The molecule has 3 N–H and O–H groups in total. The van der Waals surface area contributed by atoms with Crippen molar-refractivity contribution in [3.63, 3.8) is 0 Å². The molecule has 0 aliphatic carbocycles. The van der Waals surface area contributed by atoms with Crippen LogP contribution in [0.2, 0.25) is 0 Å². The molecule has 0 radical (unpaired) electrons. The lowest BCUT2D eigenvalue weighted by molar-refractivity contribution is -0.115. The molecule has 7 nitrogen and oxygen atoms in total. The summed E-state index contributed by atoms with van der Waals surface area (Å²) in [6, 6.07) is 9.78. The van der Waals surface area contributed by atoms with Crippen LogP contribution in [0, 0.1) is 12.7 Å². The molecule has 0 aromatic heterocycles. The maximum atomic E-state index is 13.2. The van der Waals surface area contributed by atoms with Crippen LogP contribution < -0.4 is 15.4 Å². The molecule has 0 aliphatic rings. The quantitative estimate of drug-likeness (QED) is 0.714. The predicted molar refractivity (Wildman–Crippen MR) is 95.7 cm³/mol. The Labute approximate surface area is 150 Å². The van der Waals surface area contributed by atoms with Crippen LogP contribution in [0.4, 0.5) is 15.8 Å². The normalized spacial score (nSPS) is 11.0. The van der Waals surface area contributed by atoms with Crippen molar-refractivity contribution in [3.05, 3.63) is 53.8 Å². The minimum Gasteiger partial charge on any atom is -0.326 e. The van der Waals surface area contributed by atoms with E-state index < -0.39 is 28.3 Å². The molecule has 0 saturated heterocycles. The lowest BCUT2D eigenvalue weighted by Gasteiger charge is -2.10. The molecule has 26 heavy (non-hydrogen) atoms. The highest BCUT2D eigenvalue weighted by Crippen LogP contribution is 2.16. The first-order chi connectivity index (χ1) is 12.2. The van der Waals surface area contributed by atoms with Crippen LogP contribution in [0.15, 0.2) is 47.4 Å². The zero-order valence-corrected chi connectivity index (χ0v) is 15.0. The van der Waals surface area contributed by atoms with Gasteiger partial charge in [0, 0.05) is 18.3 Å². The van der Waals surface area contributed by atoms with Crippen LogP contribution in [0.5, 0.6) is 0 Å². The standard InChI is InChI=1S/C17H18FN3O4S/c1-11-8-15(6-7-16(11)18)26(24,25)19-10-17(23)21-14-5-3-4-13(9-14)20-12(2)22/h3-9,19H,10H2,1-2H3,(H,20,22)(H,21,23). The second-order valence-electron chi connectivity index (χ2n) is 5.55. The lowest BCUT2D eigenvalue weighted by atomic mass is 10.2. The molecule has 0 bridgehead atoms. The maximum Gasteiger partial charge on any atom is 0.241 e. The first-order valence-corrected chi connectivity index (χ1v) is 9.09. The third-order valence-electron chi connectivity index (χ3n) is 3.33. The monoisotopic (exact) mass is 379 g/mol. The number of carbonyl (C=O) groups excluding carboxylic acids is 2. The Morgan fingerprint density at radius 3 is 2.31 bits per heavy atom. The number of carbonyl (C=O) groups is 2. The molecule has 0 unspecified atom stereocenters. The van der Waals surface area contributed by atoms with Gasteiger partial charge in [-0.25, -0.2) is 17.5 Å². The van der Waals surface area contributed by atoms with Crippen molar-refractivity contribution in [2.75, 3.05) is 17.2 Å². The third kappa shape index (κ3) is 5.36. The topological polar surface area (TPSA) is 104 Å². The number of halogens is 1. The molecule has 0 heterocycles. The average molecular weight is 379 g/mol. The number of amides is 2. The van der Waals surface area contributed by atoms with Gasteiger partial charge in [-0.3, -0.25) is 9.59 Å². The van der Waals surface area contributed by atoms with E-state index in [1.807, 2.05) is 0 Å². The summed E-state index contributed by atoms with van der Waals surface area (Å²) < 4.78 is 39.7. The van der Waals surface area contributed by atoms with Gasteiger partial charge in [0.2, 0.25) is 21.8 Å². The Kier molecular flexibility index (Phi) is 6.06. The molecule has 9 heteroatoms. The number of hydrogen-bond acceptors (Lipinski definition) is 4. The van der Waals surface area contributed by atoms with E-state index in [1.54, 1.807) is 18.2 Å². The van der Waals surface area contributed by atoms with Gasteiger partial charge in [0.05, 0.1) is 11.4 Å². The minimum atomic E-state index is -3.95. The molecule has 2 rings (SSSR count). The van der Waals surface area contributed by atoms with E-state index in [-0.39, 0.29) is 16.4 Å². The molecule has 2 amide bonds. The molecular weight excluding hydrogens is 361 g/mol. The minimum absolute atomic E-state index is 0.128. The predicted octanol–water partition coefficient (Wildman–Crippen LogP) is 2.01. The van der Waals surface area contributed by atoms with Crippen LogP contribution in [0.1, 0.15) is 12.5 Å². The highest BCUT2D eigenvalue weighted by Gasteiger charge is 2.16. The molecule has 0 spiro atoms. The Bertz CT molecular complexity index is 945. The Hall–Kier alpha value is -2.78. The van der Waals surface area contributed by atoms with Crippen LogP contribution in [-0.2, 0) is 19.6 Å². The van der Waals surface area contributed by atoms with Crippen LogP contribution in [-0.4, -0.2) is 26.8 Å². The van der Waals surface area contributed by atoms with E-state index in [2.05, 4.69) is 15.4 Å². The molecule has 0 aliphatic heterocycles. The fraction of sp³-hybridized carbons (Fsp3) is 0.176. The fourth-order valence-electron chi connectivity index (χ4n) is 2.11. The second-order valence-corrected chi connectivity index (χ2v) is 7.31. The van der Waals surface area contributed by atoms with Crippen LogP contribution >= 0.6 is 0 Å². The largest absolute Gasteiger partial charge is 0.326 e. The van der Waals surface area contributed by atoms with Crippen molar-refractivity contribution in [2.24, 2.45) is 0 Å². The number of sulfonamides is 1. The molecule has 0 saturated carbocycles. The Balaban J connectivity index is 1.99. The van der Waals surface area contributed by atoms with Crippen molar-refractivity contribution < 1.29 is 22.4 Å². The molecular formula is C17H18FN3O4S. The summed E-state index contributed by atoms with van der Waals surface area (Å²) in [6.07, 6.45) is 0. The van der Waals surface area contributed by atoms with E-state index in [9.17, 15) is 22.4 Å². The summed E-state index contributed by atoms with van der Waals surface area (Å²) in [6.45, 7) is 2.31. The van der Waals surface area contributed by atoms with Gasteiger partial charge in [0.1, 0.15) is 5.82 Å². The van der Waals surface area contributed by atoms with Crippen molar-refractivity contribution >= 4 is 33.2 Å². The SMILES string of the molecule is CC(=O)Nc1cccc(NC(=O)CNS(=O)(=O)c2ccc(F)c(C)c2)c1. The Morgan fingerprint density at radius 2 is 1.69 bits per heavy atom. The average Bonchev–Trinajstić information content (AvgIpc) is 2.55. The zero-order chi connectivity index (χ0) is 19.3. The Morgan fingerprint density at radius 1 is 1.04 bits per heavy atom. The highest BCUT2D eigenvalue weighted by molar-refractivity contribution is 7.89. The summed E-state index contributed by atoms with van der Waals surface area (Å²) in [5, 5.41) is 5.10. The summed E-state index contributed by atoms with van der Waals surface area (Å²) in [7, 11) is -3.95. The van der Waals surface area contributed by atoms with Gasteiger partial charge in [-0.1, -0.05) is 6.07 Å². The number of nitrogens with one attached hydrogen (secondary N) is 3. The molecule has 2 aromatic rings. The number of anilines is 2. The summed E-state index contributed by atoms with van der Waals surface area (Å²) in [5.74, 6) is -1.36. The van der Waals surface area contributed by atoms with Gasteiger partial charge in [-0.2, -0.15) is 0 Å². The van der Waals surface area contributed by atoms with E-state index in [0.717, 1.165) is 12.1 Å². The maximum absolute atomic E-state index is 13.2. The number of hydrogen-bond donors (Lipinski definition) is 3. The van der Waals surface area contributed by atoms with Gasteiger partial charge in [0.25, 0.3) is 0 Å². The van der Waals surface area contributed by atoms with E-state index in [4.69, 9.17) is 0 Å². The van der Waals surface area contributed by atoms with Gasteiger partial charge < -0.3 is 10.6 Å². The summed E-state index contributed by atoms with van der Waals surface area (Å²) in [4.78, 5) is 22.9. The number of aryl methyl sites for hydroxylation is 1. The first-order valence-electron chi connectivity index (χ1n) is 7.61. The van der Waals surface area contributed by atoms with Crippen molar-refractivity contribution in [1.29, 1.82) is 0 Å². The molecule has 0 fully saturated rings. The molecule has 138 valence electrons. The first kappa shape index (κ1) is 19.5. The summed E-state index contributed by atoms with van der Waals surface area (Å²) in [5.41, 5.74) is 1.09. The van der Waals surface area contributed by atoms with Gasteiger partial charge in [-0.15, -0.1) is 0 Å². The van der Waals surface area contributed by atoms with E-state index in [0.29, 0.717) is 11.4 Å². The highest BCUT2D eigenvalue weighted by atomic mass is 32.2. The van der Waals surface area contributed by atoms with Crippen LogP contribution in [0.25, 0.3) is 0 Å². The summed E-state index contributed by atoms with van der Waals surface area (Å²) >= 11 is 0. The molecule has 2 aromatic carbocycles. The van der Waals surface area contributed by atoms with Gasteiger partial charge >= 0.3 is 0 Å². The van der Waals surface area contributed by atoms with Crippen molar-refractivity contribution in [2.45, 2.75) is 18.7 Å². The second kappa shape index (κ2) is 8.07. The number of rotatable bonds is 6. The number of benzene rings is 2. The van der Waals surface area contributed by atoms with Crippen molar-refractivity contribution in [1.82, 2.24) is 4.72 Å². The van der Waals surface area contributed by atoms with Crippen LogP contribution in [0.3, 0.4) is 0 Å². The molecule has 0 atom stereocenters. The van der Waals surface area contributed by atoms with Crippen molar-refractivity contribution in [3.8, 4) is 0 Å². The smallest absolute Gasteiger partial charge is 0.241 e.